The number of aliphatic carboxylic acids is 1. The highest BCUT2D eigenvalue weighted by atomic mass is 16.5. The van der Waals surface area contributed by atoms with E-state index in [4.69, 9.17) is 15.6 Å². The molecular formula is C34H36N6O5. The number of hydrogen-bond acceptors (Lipinski definition) is 7. The van der Waals surface area contributed by atoms with E-state index in [2.05, 4.69) is 15.4 Å². The van der Waals surface area contributed by atoms with E-state index in [1.807, 2.05) is 61.7 Å². The number of aromatic amines is 1. The topological polar surface area (TPSA) is 156 Å². The van der Waals surface area contributed by atoms with Gasteiger partial charge in [-0.15, -0.1) is 0 Å². The van der Waals surface area contributed by atoms with Crippen LogP contribution in [0.2, 0.25) is 0 Å². The Balaban J connectivity index is 1.51. The highest BCUT2D eigenvalue weighted by molar-refractivity contribution is 5.89. The summed E-state index contributed by atoms with van der Waals surface area (Å²) < 4.78 is 7.45. The number of fused-ring (bicyclic) bond motifs is 1. The van der Waals surface area contributed by atoms with Crippen LogP contribution in [0, 0.1) is 0 Å². The predicted molar refractivity (Wildman–Crippen MR) is 174 cm³/mol. The van der Waals surface area contributed by atoms with Crippen LogP contribution < -0.4 is 21.3 Å². The summed E-state index contributed by atoms with van der Waals surface area (Å²) in [5.41, 5.74) is 10.2. The van der Waals surface area contributed by atoms with Crippen LogP contribution in [0.25, 0.3) is 16.5 Å². The minimum atomic E-state index is -0.861. The number of nitrogens with two attached hydrogens (primary N) is 1. The van der Waals surface area contributed by atoms with Gasteiger partial charge in [0.05, 0.1) is 12.8 Å². The maximum absolute atomic E-state index is 14.3. The van der Waals surface area contributed by atoms with Gasteiger partial charge in [-0.3, -0.25) is 14.4 Å². The van der Waals surface area contributed by atoms with Crippen molar-refractivity contribution >= 4 is 34.0 Å². The lowest BCUT2D eigenvalue weighted by Gasteiger charge is -2.27. The quantitative estimate of drug-likeness (QED) is 0.143. The molecule has 0 fully saturated rings. The number of carboxylic acid groups (broad SMARTS) is 1. The van der Waals surface area contributed by atoms with Crippen molar-refractivity contribution in [2.45, 2.75) is 38.3 Å². The van der Waals surface area contributed by atoms with Gasteiger partial charge in [0.15, 0.2) is 0 Å². The molecule has 2 atom stereocenters. The number of amides is 1. The largest absolute Gasteiger partial charge is 0.496 e. The van der Waals surface area contributed by atoms with Crippen LogP contribution >= 0.6 is 0 Å². The molecule has 45 heavy (non-hydrogen) atoms. The first kappa shape index (κ1) is 30.9. The van der Waals surface area contributed by atoms with Crippen LogP contribution in [0.3, 0.4) is 0 Å². The summed E-state index contributed by atoms with van der Waals surface area (Å²) >= 11 is 0. The molecule has 0 aliphatic heterocycles. The lowest BCUT2D eigenvalue weighted by molar-refractivity contribution is -0.137. The van der Waals surface area contributed by atoms with Gasteiger partial charge in [0.1, 0.15) is 11.8 Å². The van der Waals surface area contributed by atoms with Gasteiger partial charge < -0.3 is 30.8 Å². The number of aromatic nitrogens is 3. The zero-order valence-corrected chi connectivity index (χ0v) is 25.4. The fourth-order valence-corrected chi connectivity index (χ4v) is 5.46. The van der Waals surface area contributed by atoms with Crippen LogP contribution in [-0.4, -0.2) is 50.8 Å². The highest BCUT2D eigenvalue weighted by Crippen LogP contribution is 2.34. The Morgan fingerprint density at radius 2 is 1.96 bits per heavy atom. The van der Waals surface area contributed by atoms with Gasteiger partial charge in [-0.2, -0.15) is 5.10 Å². The molecule has 2 aromatic heterocycles. The molecular weight excluding hydrogens is 572 g/mol. The van der Waals surface area contributed by atoms with Crippen LogP contribution in [0.15, 0.2) is 90.1 Å². The molecule has 0 saturated carbocycles. The first-order chi connectivity index (χ1) is 21.6. The fourth-order valence-electron chi connectivity index (χ4n) is 5.46. The van der Waals surface area contributed by atoms with E-state index in [0.29, 0.717) is 34.5 Å². The average Bonchev–Trinajstić information content (AvgIpc) is 3.57. The summed E-state index contributed by atoms with van der Waals surface area (Å²) in [5, 5.41) is 18.1. The van der Waals surface area contributed by atoms with E-state index >= 15 is 0 Å². The summed E-state index contributed by atoms with van der Waals surface area (Å²) in [6, 6.07) is 19.2. The molecule has 0 aliphatic carbocycles. The highest BCUT2D eigenvalue weighted by Gasteiger charge is 2.27. The van der Waals surface area contributed by atoms with Gasteiger partial charge in [-0.25, -0.2) is 4.68 Å². The normalized spacial score (nSPS) is 12.4. The first-order valence-electron chi connectivity index (χ1n) is 14.6. The SMILES string of the molecule is COc1cc(C(Nc2ccc3cc[nH]c(=O)c3c2)C(=O)N(C)Cc2cc(N)ccc2-n2cccn2)ccc1[C@@H](C)CCC(=O)O. The molecule has 0 spiro atoms. The molecule has 0 saturated heterocycles. The summed E-state index contributed by atoms with van der Waals surface area (Å²) in [7, 11) is 3.27. The molecule has 2 heterocycles. The maximum Gasteiger partial charge on any atom is 0.303 e. The molecule has 11 nitrogen and oxygen atoms in total. The molecule has 5 rings (SSSR count). The van der Waals surface area contributed by atoms with Crippen LogP contribution in [0.1, 0.15) is 48.4 Å². The molecule has 0 bridgehead atoms. The van der Waals surface area contributed by atoms with Crippen molar-refractivity contribution in [3.05, 3.63) is 112 Å². The van der Waals surface area contributed by atoms with Crippen molar-refractivity contribution in [1.29, 1.82) is 0 Å². The Morgan fingerprint density at radius 1 is 1.13 bits per heavy atom. The Labute approximate surface area is 260 Å². The number of nitrogen functional groups attached to an aromatic ring is 1. The third-order valence-electron chi connectivity index (χ3n) is 7.88. The summed E-state index contributed by atoms with van der Waals surface area (Å²) in [5.74, 6) is -0.620. The third kappa shape index (κ3) is 6.98. The van der Waals surface area contributed by atoms with Gasteiger partial charge in [0.25, 0.3) is 5.56 Å². The van der Waals surface area contributed by atoms with Crippen molar-refractivity contribution in [3.8, 4) is 11.4 Å². The van der Waals surface area contributed by atoms with Crippen LogP contribution in [0.4, 0.5) is 11.4 Å². The Morgan fingerprint density at radius 3 is 2.69 bits per heavy atom. The molecule has 5 N–H and O–H groups in total. The van der Waals surface area contributed by atoms with Crippen molar-refractivity contribution in [1.82, 2.24) is 19.7 Å². The fraction of sp³-hybridized carbons (Fsp3) is 0.235. The minimum Gasteiger partial charge on any atom is -0.496 e. The second-order valence-corrected chi connectivity index (χ2v) is 11.1. The number of carbonyl (C=O) groups excluding carboxylic acids is 1. The molecule has 1 unspecified atom stereocenters. The number of rotatable bonds is 12. The van der Waals surface area contributed by atoms with E-state index < -0.39 is 12.0 Å². The number of carbonyl (C=O) groups is 2. The van der Waals surface area contributed by atoms with Crippen molar-refractivity contribution in [2.75, 3.05) is 25.2 Å². The molecule has 0 radical (unpaired) electrons. The van der Waals surface area contributed by atoms with E-state index in [0.717, 1.165) is 22.2 Å². The second kappa shape index (κ2) is 13.4. The number of carboxylic acids is 1. The van der Waals surface area contributed by atoms with Gasteiger partial charge in [0, 0.05) is 55.4 Å². The number of ether oxygens (including phenoxy) is 1. The molecule has 3 aromatic carbocycles. The van der Waals surface area contributed by atoms with Gasteiger partial charge in [-0.05, 0) is 82.9 Å². The molecule has 11 heteroatoms. The number of nitrogens with zero attached hydrogens (tertiary/aromatic N) is 3. The molecule has 5 aromatic rings. The van der Waals surface area contributed by atoms with E-state index in [-0.39, 0.29) is 30.3 Å². The average molecular weight is 609 g/mol. The van der Waals surface area contributed by atoms with E-state index in [1.165, 1.54) is 0 Å². The number of pyridine rings is 1. The van der Waals surface area contributed by atoms with Gasteiger partial charge >= 0.3 is 5.97 Å². The lowest BCUT2D eigenvalue weighted by Crippen LogP contribution is -2.35. The molecule has 0 aliphatic rings. The molecule has 232 valence electrons. The Kier molecular flexibility index (Phi) is 9.17. The number of nitrogens with one attached hydrogen (secondary N) is 2. The van der Waals surface area contributed by atoms with E-state index in [1.54, 1.807) is 54.3 Å². The smallest absolute Gasteiger partial charge is 0.303 e. The number of anilines is 2. The van der Waals surface area contributed by atoms with Crippen molar-refractivity contribution in [3.63, 3.8) is 0 Å². The zero-order chi connectivity index (χ0) is 32.1. The zero-order valence-electron chi connectivity index (χ0n) is 25.4. The Bertz CT molecular complexity index is 1880. The first-order valence-corrected chi connectivity index (χ1v) is 14.6. The maximum atomic E-state index is 14.3. The summed E-state index contributed by atoms with van der Waals surface area (Å²) in [6.07, 6.45) is 5.58. The number of methoxy groups -OCH3 is 1. The van der Waals surface area contributed by atoms with Crippen molar-refractivity contribution in [2.24, 2.45) is 0 Å². The standard InChI is InChI=1S/C34H36N6O5/c1-21(5-12-31(41)42)27-10-7-23(18-30(27)45-3)32(38-26-9-6-22-13-15-36-33(43)28(22)19-26)34(44)39(2)20-24-17-25(35)8-11-29(24)40-16-4-14-37-40/h4,6-11,13-19,21,32,38H,5,12,20,35H2,1-3H3,(H,36,43)(H,41,42)/t21-,32?/m0/s1. The predicted octanol–water partition coefficient (Wildman–Crippen LogP) is 5.08. The van der Waals surface area contributed by atoms with Gasteiger partial charge in [-0.1, -0.05) is 25.1 Å². The number of benzene rings is 3. The third-order valence-corrected chi connectivity index (χ3v) is 7.88. The number of likely N-dealkylation sites (N-methyl/N-ethyl adjacent to an activating group) is 1. The van der Waals surface area contributed by atoms with Crippen molar-refractivity contribution < 1.29 is 19.4 Å². The summed E-state index contributed by atoms with van der Waals surface area (Å²) in [6.45, 7) is 2.20. The van der Waals surface area contributed by atoms with Crippen LogP contribution in [-0.2, 0) is 16.1 Å². The van der Waals surface area contributed by atoms with Gasteiger partial charge in [0.2, 0.25) is 5.91 Å². The lowest BCUT2D eigenvalue weighted by atomic mass is 9.92. The summed E-state index contributed by atoms with van der Waals surface area (Å²) in [4.78, 5) is 42.3. The second-order valence-electron chi connectivity index (χ2n) is 11.1. The monoisotopic (exact) mass is 608 g/mol. The van der Waals surface area contributed by atoms with Crippen LogP contribution in [0.5, 0.6) is 5.75 Å². The number of H-pyrrole nitrogens is 1. The Hall–Kier alpha value is -5.58. The minimum absolute atomic E-state index is 0.0329. The molecule has 1 amide bonds. The number of hydrogen-bond donors (Lipinski definition) is 4. The van der Waals surface area contributed by atoms with E-state index in [9.17, 15) is 14.4 Å².